The zero-order valence-corrected chi connectivity index (χ0v) is 23.1. The first-order valence-corrected chi connectivity index (χ1v) is 15.5. The van der Waals surface area contributed by atoms with E-state index in [1.54, 1.807) is 0 Å². The smallest absolute Gasteiger partial charge is 0.266 e. The first-order valence-electron chi connectivity index (χ1n) is 15.9. The third-order valence-electron chi connectivity index (χ3n) is 10.9. The van der Waals surface area contributed by atoms with Crippen molar-refractivity contribution in [2.45, 2.75) is 104 Å². The quantitative estimate of drug-likeness (QED) is 0.351. The lowest BCUT2D eigenvalue weighted by atomic mass is 9.41. The van der Waals surface area contributed by atoms with E-state index >= 15 is 0 Å². The molecule has 4 aliphatic rings. The van der Waals surface area contributed by atoms with Crippen molar-refractivity contribution in [3.05, 3.63) is 0 Å². The summed E-state index contributed by atoms with van der Waals surface area (Å²) in [6.45, 7) is 8.32. The fraction of sp³-hybridized carbons (Fsp3) is 0.964. The van der Waals surface area contributed by atoms with Crippen LogP contribution in [-0.4, -0.2) is 53.6 Å². The van der Waals surface area contributed by atoms with Crippen LogP contribution in [0.5, 0.6) is 0 Å². The highest BCUT2D eigenvalue weighted by Crippen LogP contribution is 2.69. The lowest BCUT2D eigenvalue weighted by Crippen LogP contribution is -2.62. The zero-order chi connectivity index (χ0) is 30.1. The molecule has 0 heterocycles. The summed E-state index contributed by atoms with van der Waals surface area (Å²) < 4.78 is 65.6. The number of nitrogens with one attached hydrogen (secondary N) is 1. The average Bonchev–Trinajstić information content (AvgIpc) is 3.18. The monoisotopic (exact) mass is 531 g/mol. The van der Waals surface area contributed by atoms with Gasteiger partial charge in [-0.05, 0) is 104 Å². The Balaban J connectivity index is 1.53. The molecule has 0 aromatic rings. The maximum absolute atomic E-state index is 12.3. The number of aliphatic hydroxyl groups is 2. The molecule has 4 saturated carbocycles. The van der Waals surface area contributed by atoms with E-state index in [1.165, 1.54) is 0 Å². The molecule has 208 valence electrons. The van der Waals surface area contributed by atoms with Crippen molar-refractivity contribution in [2.75, 3.05) is 12.3 Å². The van der Waals surface area contributed by atoms with E-state index in [0.29, 0.717) is 18.8 Å². The number of amides is 1. The number of rotatable bonds is 8. The van der Waals surface area contributed by atoms with E-state index in [9.17, 15) is 23.4 Å². The Morgan fingerprint density at radius 2 is 1.81 bits per heavy atom. The van der Waals surface area contributed by atoms with Crippen LogP contribution < -0.4 is 5.32 Å². The summed E-state index contributed by atoms with van der Waals surface area (Å²) in [7, 11) is -4.12. The molecule has 0 bridgehead atoms. The Hall–Kier alpha value is -0.700. The van der Waals surface area contributed by atoms with Crippen LogP contribution in [0.4, 0.5) is 0 Å². The fourth-order valence-corrected chi connectivity index (χ4v) is 9.52. The minimum atomic E-state index is -4.12. The predicted octanol–water partition coefficient (Wildman–Crippen LogP) is 4.03. The Morgan fingerprint density at radius 3 is 2.47 bits per heavy atom. The second kappa shape index (κ2) is 10.5. The molecule has 1 amide bonds. The SMILES string of the molecule is [2H]C1([2H])C[C@@]2(C)[C@H]([C@@H](CC)[C@@H](O)[C@@H]3[C@@H]2CC[C@]2(C)[C@@H]([C@H](C)CCC(=O)NCCS(=O)(=O)O)CC[C@@H]32)C([2H])([2H])[C@@H]1O. The summed E-state index contributed by atoms with van der Waals surface area (Å²) >= 11 is 0. The fourth-order valence-electron chi connectivity index (χ4n) is 9.16. The van der Waals surface area contributed by atoms with Gasteiger partial charge in [0.05, 0.1) is 18.0 Å². The molecule has 36 heavy (non-hydrogen) atoms. The van der Waals surface area contributed by atoms with E-state index in [-0.39, 0.29) is 60.3 Å². The molecule has 0 spiro atoms. The number of aliphatic hydroxyl groups excluding tert-OH is 2. The molecule has 0 aromatic heterocycles. The second-order valence-electron chi connectivity index (χ2n) is 12.7. The molecule has 7 nitrogen and oxygen atoms in total. The zero-order valence-electron chi connectivity index (χ0n) is 26.2. The maximum atomic E-state index is 12.3. The van der Waals surface area contributed by atoms with E-state index in [2.05, 4.69) is 19.2 Å². The summed E-state index contributed by atoms with van der Waals surface area (Å²) in [6, 6.07) is 0. The summed E-state index contributed by atoms with van der Waals surface area (Å²) in [5.41, 5.74) is -0.737. The highest BCUT2D eigenvalue weighted by molar-refractivity contribution is 7.85. The number of carbonyl (C=O) groups is 1. The van der Waals surface area contributed by atoms with Crippen LogP contribution in [0, 0.1) is 52.3 Å². The van der Waals surface area contributed by atoms with Gasteiger partial charge in [-0.15, -0.1) is 0 Å². The van der Waals surface area contributed by atoms with Gasteiger partial charge in [-0.1, -0.05) is 34.1 Å². The van der Waals surface area contributed by atoms with Gasteiger partial charge in [0.15, 0.2) is 0 Å². The molecule has 4 rings (SSSR count). The Bertz CT molecular complexity index is 1080. The lowest BCUT2D eigenvalue weighted by molar-refractivity contribution is -0.203. The van der Waals surface area contributed by atoms with Gasteiger partial charge < -0.3 is 15.5 Å². The molecule has 8 heteroatoms. The van der Waals surface area contributed by atoms with Crippen LogP contribution >= 0.6 is 0 Å². The number of hydrogen-bond donors (Lipinski definition) is 4. The number of fused-ring (bicyclic) bond motifs is 5. The molecular formula is C28H49NO6S. The molecule has 0 saturated heterocycles. The van der Waals surface area contributed by atoms with Crippen molar-refractivity contribution in [1.29, 1.82) is 0 Å². The average molecular weight is 532 g/mol. The normalized spacial score (nSPS) is 49.8. The van der Waals surface area contributed by atoms with Crippen LogP contribution in [0.1, 0.15) is 97.3 Å². The highest BCUT2D eigenvalue weighted by atomic mass is 32.2. The van der Waals surface area contributed by atoms with Gasteiger partial charge in [-0.3, -0.25) is 9.35 Å². The number of hydrogen-bond acceptors (Lipinski definition) is 5. The molecule has 4 aliphatic carbocycles. The first kappa shape index (κ1) is 23.2. The van der Waals surface area contributed by atoms with Crippen LogP contribution in [-0.2, 0) is 14.9 Å². The van der Waals surface area contributed by atoms with E-state index in [1.807, 2.05) is 13.8 Å². The van der Waals surface area contributed by atoms with Crippen molar-refractivity contribution in [3.8, 4) is 0 Å². The molecular weight excluding hydrogens is 478 g/mol. The number of carbonyl (C=O) groups excluding carboxylic acids is 1. The van der Waals surface area contributed by atoms with Gasteiger partial charge in [0.2, 0.25) is 5.91 Å². The predicted molar refractivity (Wildman–Crippen MR) is 140 cm³/mol. The molecule has 4 fully saturated rings. The van der Waals surface area contributed by atoms with Crippen molar-refractivity contribution in [3.63, 3.8) is 0 Å². The van der Waals surface area contributed by atoms with Crippen LogP contribution in [0.2, 0.25) is 0 Å². The topological polar surface area (TPSA) is 124 Å². The van der Waals surface area contributed by atoms with Crippen LogP contribution in [0.25, 0.3) is 0 Å². The van der Waals surface area contributed by atoms with Gasteiger partial charge >= 0.3 is 0 Å². The third-order valence-corrected chi connectivity index (χ3v) is 11.6. The third kappa shape index (κ3) is 5.13. The molecule has 0 aromatic carbocycles. The molecule has 11 atom stereocenters. The molecule has 0 unspecified atom stereocenters. The first-order chi connectivity index (χ1) is 18.3. The lowest BCUT2D eigenvalue weighted by Gasteiger charge is -2.64. The molecule has 0 aliphatic heterocycles. The van der Waals surface area contributed by atoms with Crippen molar-refractivity contribution >= 4 is 16.0 Å². The second-order valence-corrected chi connectivity index (χ2v) is 14.2. The summed E-state index contributed by atoms with van der Waals surface area (Å²) in [6.07, 6.45) is -1.48. The molecule has 4 N–H and O–H groups in total. The van der Waals surface area contributed by atoms with Crippen molar-refractivity contribution < 1.29 is 33.5 Å². The standard InChI is InChI=1S/C28H49NO6S/c1-5-19-23-16-18(30)10-12-28(23,4)22-11-13-27(3)20(7-8-21(27)25(22)26(19)32)17(2)6-9-24(31)29-14-15-36(33,34)35/h17-23,25-26,30,32H,5-16H2,1-4H3,(H,29,31)(H,33,34,35)/t17-,18-,19-,20-,21+,22+,23+,25+,26-,27-,28-/m1/s1/i10D2,16D2. The van der Waals surface area contributed by atoms with E-state index in [4.69, 9.17) is 10.0 Å². The van der Waals surface area contributed by atoms with Crippen LogP contribution in [0.3, 0.4) is 0 Å². The van der Waals surface area contributed by atoms with Gasteiger partial charge in [-0.25, -0.2) is 0 Å². The Labute approximate surface area is 223 Å². The van der Waals surface area contributed by atoms with Gasteiger partial charge in [0.1, 0.15) is 0 Å². The van der Waals surface area contributed by atoms with E-state index in [0.717, 1.165) is 25.7 Å². The highest BCUT2D eigenvalue weighted by Gasteiger charge is 2.64. The summed E-state index contributed by atoms with van der Waals surface area (Å²) in [5, 5.41) is 25.3. The van der Waals surface area contributed by atoms with Gasteiger partial charge in [-0.2, -0.15) is 8.42 Å². The van der Waals surface area contributed by atoms with Crippen molar-refractivity contribution in [1.82, 2.24) is 5.32 Å². The van der Waals surface area contributed by atoms with Crippen LogP contribution in [0.15, 0.2) is 0 Å². The van der Waals surface area contributed by atoms with Gasteiger partial charge in [0, 0.05) is 18.4 Å². The van der Waals surface area contributed by atoms with E-state index < -0.39 is 52.2 Å². The summed E-state index contributed by atoms with van der Waals surface area (Å²) in [5.74, 6) is -1.05. The summed E-state index contributed by atoms with van der Waals surface area (Å²) in [4.78, 5) is 12.3. The maximum Gasteiger partial charge on any atom is 0.266 e. The minimum Gasteiger partial charge on any atom is -0.393 e. The largest absolute Gasteiger partial charge is 0.393 e. The minimum absolute atomic E-state index is 0.0336. The van der Waals surface area contributed by atoms with Gasteiger partial charge in [0.25, 0.3) is 10.1 Å². The van der Waals surface area contributed by atoms with Crippen molar-refractivity contribution in [2.24, 2.45) is 52.3 Å². The Morgan fingerprint density at radius 1 is 1.11 bits per heavy atom. The Kier molecular flexibility index (Phi) is 6.74. The molecule has 0 radical (unpaired) electrons.